The van der Waals surface area contributed by atoms with Crippen LogP contribution in [-0.2, 0) is 16.1 Å². The van der Waals surface area contributed by atoms with E-state index >= 15 is 0 Å². The largest absolute Gasteiger partial charge is 0.494 e. The van der Waals surface area contributed by atoms with Crippen LogP contribution in [0, 0.1) is 0 Å². The average molecular weight is 455 g/mol. The van der Waals surface area contributed by atoms with Crippen molar-refractivity contribution in [3.63, 3.8) is 0 Å². The molecule has 0 bridgehead atoms. The molecule has 2 amide bonds. The molecule has 32 heavy (non-hydrogen) atoms. The molecular formula is C23H23ClN4O4. The highest BCUT2D eigenvalue weighted by Gasteiger charge is 2.15. The normalized spacial score (nSPS) is 10.5. The SMILES string of the molecule is CCOc1ccc(NC(=O)Cn2nc(-c3ccc(Cl)cc3)cc(NC(=O)CC)c2=O)cc1. The van der Waals surface area contributed by atoms with Crippen LogP contribution >= 0.6 is 11.6 Å². The van der Waals surface area contributed by atoms with E-state index in [1.54, 1.807) is 55.5 Å². The smallest absolute Gasteiger partial charge is 0.291 e. The molecule has 1 aromatic heterocycles. The van der Waals surface area contributed by atoms with Crippen molar-refractivity contribution >= 4 is 34.8 Å². The van der Waals surface area contributed by atoms with Crippen LogP contribution in [0.3, 0.4) is 0 Å². The van der Waals surface area contributed by atoms with Crippen LogP contribution in [0.15, 0.2) is 59.4 Å². The van der Waals surface area contributed by atoms with Crippen LogP contribution in [0.4, 0.5) is 11.4 Å². The molecule has 3 rings (SSSR count). The fourth-order valence-electron chi connectivity index (χ4n) is 2.88. The molecule has 0 saturated heterocycles. The minimum atomic E-state index is -0.577. The second kappa shape index (κ2) is 10.6. The van der Waals surface area contributed by atoms with Gasteiger partial charge in [-0.3, -0.25) is 14.4 Å². The maximum absolute atomic E-state index is 12.8. The van der Waals surface area contributed by atoms with Crippen LogP contribution in [0.5, 0.6) is 5.75 Å². The molecule has 0 saturated carbocycles. The van der Waals surface area contributed by atoms with Crippen LogP contribution < -0.4 is 20.9 Å². The van der Waals surface area contributed by atoms with Crippen LogP contribution in [0.1, 0.15) is 20.3 Å². The molecule has 166 valence electrons. The number of aromatic nitrogens is 2. The lowest BCUT2D eigenvalue weighted by Crippen LogP contribution is -2.32. The van der Waals surface area contributed by atoms with Gasteiger partial charge in [0.05, 0.1) is 12.3 Å². The van der Waals surface area contributed by atoms with Gasteiger partial charge in [-0.2, -0.15) is 5.10 Å². The number of carbonyl (C=O) groups is 2. The molecular weight excluding hydrogens is 432 g/mol. The van der Waals surface area contributed by atoms with E-state index in [0.717, 1.165) is 4.68 Å². The predicted octanol–water partition coefficient (Wildman–Crippen LogP) is 3.95. The first-order chi connectivity index (χ1) is 15.4. The van der Waals surface area contributed by atoms with Gasteiger partial charge >= 0.3 is 0 Å². The van der Waals surface area contributed by atoms with Gasteiger partial charge in [-0.25, -0.2) is 4.68 Å². The van der Waals surface area contributed by atoms with Crippen molar-refractivity contribution in [2.45, 2.75) is 26.8 Å². The van der Waals surface area contributed by atoms with Gasteiger partial charge in [0.1, 0.15) is 18.0 Å². The monoisotopic (exact) mass is 454 g/mol. The van der Waals surface area contributed by atoms with Crippen LogP contribution in [0.25, 0.3) is 11.3 Å². The first-order valence-electron chi connectivity index (χ1n) is 10.1. The molecule has 3 aromatic rings. The highest BCUT2D eigenvalue weighted by atomic mass is 35.5. The first kappa shape index (κ1) is 23.0. The van der Waals surface area contributed by atoms with E-state index < -0.39 is 11.5 Å². The molecule has 0 atom stereocenters. The lowest BCUT2D eigenvalue weighted by atomic mass is 10.1. The van der Waals surface area contributed by atoms with Gasteiger partial charge in [-0.1, -0.05) is 30.7 Å². The van der Waals surface area contributed by atoms with Gasteiger partial charge in [0.2, 0.25) is 11.8 Å². The Bertz CT molecular complexity index is 1160. The van der Waals surface area contributed by atoms with Crippen molar-refractivity contribution in [2.75, 3.05) is 17.2 Å². The summed E-state index contributed by atoms with van der Waals surface area (Å²) in [4.78, 5) is 37.3. The number of halogens is 1. The third-order valence-corrected chi connectivity index (χ3v) is 4.70. The molecule has 0 unspecified atom stereocenters. The molecule has 0 aliphatic rings. The maximum Gasteiger partial charge on any atom is 0.291 e. The molecule has 2 N–H and O–H groups in total. The van der Waals surface area contributed by atoms with E-state index in [0.29, 0.717) is 34.3 Å². The summed E-state index contributed by atoms with van der Waals surface area (Å²) in [6.07, 6.45) is 0.205. The lowest BCUT2D eigenvalue weighted by Gasteiger charge is -2.12. The van der Waals surface area contributed by atoms with Gasteiger partial charge in [0, 0.05) is 22.7 Å². The number of rotatable bonds is 8. The fourth-order valence-corrected chi connectivity index (χ4v) is 3.00. The maximum atomic E-state index is 12.8. The number of anilines is 2. The molecule has 0 aliphatic heterocycles. The van der Waals surface area contributed by atoms with Crippen molar-refractivity contribution in [3.05, 3.63) is 70.0 Å². The van der Waals surface area contributed by atoms with E-state index in [1.165, 1.54) is 6.07 Å². The summed E-state index contributed by atoms with van der Waals surface area (Å²) in [6, 6.07) is 15.2. The fraction of sp³-hybridized carbons (Fsp3) is 0.217. The van der Waals surface area contributed by atoms with Gasteiger partial charge < -0.3 is 15.4 Å². The topological polar surface area (TPSA) is 102 Å². The molecule has 1 heterocycles. The van der Waals surface area contributed by atoms with Gasteiger partial charge in [0.25, 0.3) is 5.56 Å². The second-order valence-electron chi connectivity index (χ2n) is 6.82. The first-order valence-corrected chi connectivity index (χ1v) is 10.5. The van der Waals surface area contributed by atoms with E-state index in [2.05, 4.69) is 15.7 Å². The minimum absolute atomic E-state index is 0.0469. The zero-order chi connectivity index (χ0) is 23.1. The second-order valence-corrected chi connectivity index (χ2v) is 7.26. The number of hydrogen-bond acceptors (Lipinski definition) is 5. The highest BCUT2D eigenvalue weighted by molar-refractivity contribution is 6.30. The standard InChI is InChI=1S/C23H23ClN4O4/c1-3-21(29)26-20-13-19(15-5-7-16(24)8-6-15)27-28(23(20)31)14-22(30)25-17-9-11-18(12-10-17)32-4-2/h5-13H,3-4,14H2,1-2H3,(H,25,30)(H,26,29). The number of hydrogen-bond donors (Lipinski definition) is 2. The Hall–Kier alpha value is -3.65. The summed E-state index contributed by atoms with van der Waals surface area (Å²) < 4.78 is 6.41. The summed E-state index contributed by atoms with van der Waals surface area (Å²) in [6.45, 7) is 3.78. The minimum Gasteiger partial charge on any atom is -0.494 e. The Kier molecular flexibility index (Phi) is 7.62. The van der Waals surface area contributed by atoms with Crippen molar-refractivity contribution in [1.82, 2.24) is 9.78 Å². The van der Waals surface area contributed by atoms with Crippen molar-refractivity contribution in [3.8, 4) is 17.0 Å². The molecule has 9 heteroatoms. The Labute approximate surface area is 190 Å². The van der Waals surface area contributed by atoms with Crippen LogP contribution in [-0.4, -0.2) is 28.2 Å². The zero-order valence-corrected chi connectivity index (χ0v) is 18.5. The Morgan fingerprint density at radius 3 is 2.31 bits per heavy atom. The van der Waals surface area contributed by atoms with Crippen molar-refractivity contribution in [1.29, 1.82) is 0 Å². The summed E-state index contributed by atoms with van der Waals surface area (Å²) in [5.74, 6) is -0.0686. The third kappa shape index (κ3) is 5.95. The van der Waals surface area contributed by atoms with Gasteiger partial charge in [-0.15, -0.1) is 0 Å². The summed E-state index contributed by atoms with van der Waals surface area (Å²) in [5, 5.41) is 10.2. The number of nitrogens with zero attached hydrogens (tertiary/aromatic N) is 2. The molecule has 0 aliphatic carbocycles. The zero-order valence-electron chi connectivity index (χ0n) is 17.7. The average Bonchev–Trinajstić information content (AvgIpc) is 2.78. The lowest BCUT2D eigenvalue weighted by molar-refractivity contribution is -0.117. The van der Waals surface area contributed by atoms with Crippen molar-refractivity contribution in [2.24, 2.45) is 0 Å². The molecule has 8 nitrogen and oxygen atoms in total. The summed E-state index contributed by atoms with van der Waals surface area (Å²) in [7, 11) is 0. The number of amides is 2. The van der Waals surface area contributed by atoms with E-state index in [-0.39, 0.29) is 24.6 Å². The molecule has 0 fully saturated rings. The molecule has 0 radical (unpaired) electrons. The van der Waals surface area contributed by atoms with Gasteiger partial charge in [-0.05, 0) is 49.4 Å². The quantitative estimate of drug-likeness (QED) is 0.536. The Morgan fingerprint density at radius 1 is 1.00 bits per heavy atom. The summed E-state index contributed by atoms with van der Waals surface area (Å²) >= 11 is 5.95. The van der Waals surface area contributed by atoms with E-state index in [1.807, 2.05) is 6.92 Å². The highest BCUT2D eigenvalue weighted by Crippen LogP contribution is 2.21. The number of carbonyl (C=O) groups excluding carboxylic acids is 2. The molecule has 2 aromatic carbocycles. The Balaban J connectivity index is 1.87. The number of nitrogens with one attached hydrogen (secondary N) is 2. The number of ether oxygens (including phenoxy) is 1. The molecule has 0 spiro atoms. The van der Waals surface area contributed by atoms with E-state index in [4.69, 9.17) is 16.3 Å². The van der Waals surface area contributed by atoms with E-state index in [9.17, 15) is 14.4 Å². The Morgan fingerprint density at radius 2 is 1.69 bits per heavy atom. The third-order valence-electron chi connectivity index (χ3n) is 4.45. The van der Waals surface area contributed by atoms with Gasteiger partial charge in [0.15, 0.2) is 0 Å². The number of benzene rings is 2. The predicted molar refractivity (Wildman–Crippen MR) is 124 cm³/mol. The van der Waals surface area contributed by atoms with Crippen LogP contribution in [0.2, 0.25) is 5.02 Å². The summed E-state index contributed by atoms with van der Waals surface area (Å²) in [5.41, 5.74) is 1.13. The van der Waals surface area contributed by atoms with Crippen molar-refractivity contribution < 1.29 is 14.3 Å².